The third kappa shape index (κ3) is 1.89. The van der Waals surface area contributed by atoms with Crippen LogP contribution in [0, 0.1) is 0 Å². The number of rotatable bonds is 2. The van der Waals surface area contributed by atoms with Crippen molar-refractivity contribution in [2.24, 2.45) is 0 Å². The molecule has 2 N–H and O–H groups in total. The lowest BCUT2D eigenvalue weighted by Crippen LogP contribution is -2.07. The van der Waals surface area contributed by atoms with Crippen molar-refractivity contribution in [1.29, 1.82) is 0 Å². The van der Waals surface area contributed by atoms with Crippen molar-refractivity contribution in [3.05, 3.63) is 22.8 Å². The van der Waals surface area contributed by atoms with Crippen molar-refractivity contribution in [3.63, 3.8) is 0 Å². The van der Waals surface area contributed by atoms with E-state index in [9.17, 15) is 0 Å². The summed E-state index contributed by atoms with van der Waals surface area (Å²) in [6.07, 6.45) is 1.67. The summed E-state index contributed by atoms with van der Waals surface area (Å²) >= 11 is 6.02. The molecule has 2 rings (SSSR count). The summed E-state index contributed by atoms with van der Waals surface area (Å²) in [6.45, 7) is 8.49. The number of nitrogens with two attached hydrogens (primary N) is 1. The van der Waals surface area contributed by atoms with Gasteiger partial charge in [0.1, 0.15) is 11.5 Å². The van der Waals surface area contributed by atoms with Crippen molar-refractivity contribution in [3.8, 4) is 0 Å². The lowest BCUT2D eigenvalue weighted by molar-refractivity contribution is 0.623. The average molecular weight is 252 g/mol. The van der Waals surface area contributed by atoms with Gasteiger partial charge in [-0.2, -0.15) is 0 Å². The van der Waals surface area contributed by atoms with Gasteiger partial charge in [0, 0.05) is 23.2 Å². The molecular weight excluding hydrogens is 234 g/mol. The fraction of sp³-hybridized carbons (Fsp3) is 0.462. The Balaban J connectivity index is 2.88. The highest BCUT2D eigenvalue weighted by Gasteiger charge is 2.19. The highest BCUT2D eigenvalue weighted by atomic mass is 35.5. The third-order valence-corrected chi connectivity index (χ3v) is 3.19. The molecule has 2 aromatic rings. The molecule has 0 aromatic carbocycles. The zero-order valence-corrected chi connectivity index (χ0v) is 11.4. The third-order valence-electron chi connectivity index (χ3n) is 2.98. The van der Waals surface area contributed by atoms with Gasteiger partial charge in [0.15, 0.2) is 0 Å². The monoisotopic (exact) mass is 251 g/mol. The van der Waals surface area contributed by atoms with Crippen LogP contribution in [0.5, 0.6) is 0 Å². The average Bonchev–Trinajstić information content (AvgIpc) is 2.48. The molecule has 3 nitrogen and oxygen atoms in total. The molecule has 17 heavy (non-hydrogen) atoms. The molecule has 0 unspecified atom stereocenters. The van der Waals surface area contributed by atoms with Crippen molar-refractivity contribution in [1.82, 2.24) is 9.55 Å². The van der Waals surface area contributed by atoms with Gasteiger partial charge < -0.3 is 10.3 Å². The lowest BCUT2D eigenvalue weighted by Gasteiger charge is -2.12. The molecule has 2 heterocycles. The molecule has 2 aromatic heterocycles. The Morgan fingerprint density at radius 2 is 1.94 bits per heavy atom. The number of aromatic nitrogens is 2. The molecule has 0 aliphatic carbocycles. The Hall–Kier alpha value is -1.22. The maximum Gasteiger partial charge on any atom is 0.142 e. The van der Waals surface area contributed by atoms with Gasteiger partial charge in [0.25, 0.3) is 0 Å². The van der Waals surface area contributed by atoms with E-state index in [1.165, 1.54) is 0 Å². The molecule has 0 saturated carbocycles. The van der Waals surface area contributed by atoms with Crippen LogP contribution >= 0.6 is 11.6 Å². The molecule has 4 heteroatoms. The van der Waals surface area contributed by atoms with Gasteiger partial charge in [0.05, 0.1) is 5.02 Å². The number of pyridine rings is 1. The first-order valence-electron chi connectivity index (χ1n) is 5.88. The summed E-state index contributed by atoms with van der Waals surface area (Å²) in [6, 6.07) is 2.24. The van der Waals surface area contributed by atoms with Crippen molar-refractivity contribution < 1.29 is 0 Å². The number of hydrogen-bond donors (Lipinski definition) is 1. The second-order valence-corrected chi connectivity index (χ2v) is 5.38. The Kier molecular flexibility index (Phi) is 3.04. The summed E-state index contributed by atoms with van der Waals surface area (Å²) in [5.41, 5.74) is 8.31. The quantitative estimate of drug-likeness (QED) is 0.878. The molecule has 0 bridgehead atoms. The van der Waals surface area contributed by atoms with Gasteiger partial charge in [-0.3, -0.25) is 0 Å². The minimum absolute atomic E-state index is 0.290. The van der Waals surface area contributed by atoms with Crippen molar-refractivity contribution in [2.45, 2.75) is 39.7 Å². The van der Waals surface area contributed by atoms with E-state index in [1.54, 1.807) is 6.20 Å². The molecule has 92 valence electrons. The zero-order chi connectivity index (χ0) is 12.7. The first kappa shape index (κ1) is 12.2. The number of fused-ring (bicyclic) bond motifs is 1. The first-order valence-corrected chi connectivity index (χ1v) is 6.26. The zero-order valence-electron chi connectivity index (χ0n) is 10.7. The van der Waals surface area contributed by atoms with Crippen LogP contribution < -0.4 is 5.73 Å². The number of nitrogens with zero attached hydrogens (tertiary/aromatic N) is 2. The van der Waals surface area contributed by atoms with Gasteiger partial charge in [-0.1, -0.05) is 25.4 Å². The Morgan fingerprint density at radius 1 is 1.29 bits per heavy atom. The number of halogens is 1. The molecule has 0 atom stereocenters. The molecule has 0 spiro atoms. The van der Waals surface area contributed by atoms with E-state index in [0.717, 1.165) is 22.4 Å². The number of nitrogen functional groups attached to an aromatic ring is 1. The van der Waals surface area contributed by atoms with E-state index in [4.69, 9.17) is 17.3 Å². The van der Waals surface area contributed by atoms with Gasteiger partial charge in [-0.15, -0.1) is 0 Å². The maximum atomic E-state index is 6.25. The largest absolute Gasteiger partial charge is 0.385 e. The van der Waals surface area contributed by atoms with E-state index in [0.29, 0.717) is 17.0 Å². The van der Waals surface area contributed by atoms with E-state index >= 15 is 0 Å². The molecule has 0 saturated heterocycles. The summed E-state index contributed by atoms with van der Waals surface area (Å²) in [5.74, 6) is 1.16. The van der Waals surface area contributed by atoms with Gasteiger partial charge >= 0.3 is 0 Å². The summed E-state index contributed by atoms with van der Waals surface area (Å²) in [4.78, 5) is 4.42. The van der Waals surface area contributed by atoms with Crippen LogP contribution in [0.25, 0.3) is 11.0 Å². The maximum absolute atomic E-state index is 6.25. The Bertz CT molecular complexity index is 555. The van der Waals surface area contributed by atoms with Gasteiger partial charge in [-0.05, 0) is 25.8 Å². The standard InChI is InChI=1S/C13H18ClN3/c1-7(2)11-10-5-9(14)6-16-13(10)17(8(3)4)12(11)15/h5-8H,15H2,1-4H3. The Morgan fingerprint density at radius 3 is 2.47 bits per heavy atom. The van der Waals surface area contributed by atoms with Crippen LogP contribution in [0.4, 0.5) is 5.82 Å². The van der Waals surface area contributed by atoms with Gasteiger partial charge in [0.2, 0.25) is 0 Å². The minimum atomic E-state index is 0.290. The SMILES string of the molecule is CC(C)c1c(N)n(C(C)C)c2ncc(Cl)cc12. The van der Waals surface area contributed by atoms with Gasteiger partial charge in [-0.25, -0.2) is 4.98 Å². The predicted molar refractivity (Wildman–Crippen MR) is 73.6 cm³/mol. The van der Waals surface area contributed by atoms with Crippen LogP contribution in [0.2, 0.25) is 5.02 Å². The normalized spacial score (nSPS) is 11.9. The molecule has 0 aliphatic heterocycles. The first-order chi connectivity index (χ1) is 7.93. The van der Waals surface area contributed by atoms with Crippen molar-refractivity contribution >= 4 is 28.5 Å². The van der Waals surface area contributed by atoms with Crippen LogP contribution in [0.3, 0.4) is 0 Å². The second-order valence-electron chi connectivity index (χ2n) is 4.94. The molecule has 0 fully saturated rings. The topological polar surface area (TPSA) is 43.8 Å². The summed E-state index contributed by atoms with van der Waals surface area (Å²) < 4.78 is 2.07. The summed E-state index contributed by atoms with van der Waals surface area (Å²) in [5, 5.41) is 1.72. The van der Waals surface area contributed by atoms with E-state index in [2.05, 4.69) is 37.2 Å². The summed E-state index contributed by atoms with van der Waals surface area (Å²) in [7, 11) is 0. The van der Waals surface area contributed by atoms with Crippen LogP contribution in [-0.2, 0) is 0 Å². The van der Waals surface area contributed by atoms with E-state index in [-0.39, 0.29) is 0 Å². The van der Waals surface area contributed by atoms with Crippen LogP contribution in [0.1, 0.15) is 45.2 Å². The van der Waals surface area contributed by atoms with E-state index < -0.39 is 0 Å². The fourth-order valence-corrected chi connectivity index (χ4v) is 2.49. The lowest BCUT2D eigenvalue weighted by atomic mass is 10.0. The Labute approximate surface area is 107 Å². The second kappa shape index (κ2) is 4.22. The number of anilines is 1. The van der Waals surface area contributed by atoms with Crippen LogP contribution in [-0.4, -0.2) is 9.55 Å². The highest BCUT2D eigenvalue weighted by molar-refractivity contribution is 6.31. The van der Waals surface area contributed by atoms with E-state index in [1.807, 2.05) is 6.07 Å². The predicted octanol–water partition coefficient (Wildman–Crippen LogP) is 3.98. The molecule has 0 aliphatic rings. The smallest absolute Gasteiger partial charge is 0.142 e. The fourth-order valence-electron chi connectivity index (χ4n) is 2.33. The van der Waals surface area contributed by atoms with Crippen LogP contribution in [0.15, 0.2) is 12.3 Å². The number of hydrogen-bond acceptors (Lipinski definition) is 2. The molecular formula is C13H18ClN3. The minimum Gasteiger partial charge on any atom is -0.385 e. The molecule has 0 amide bonds. The van der Waals surface area contributed by atoms with Crippen molar-refractivity contribution in [2.75, 3.05) is 5.73 Å². The molecule has 0 radical (unpaired) electrons. The highest BCUT2D eigenvalue weighted by Crippen LogP contribution is 2.35.